The Balaban J connectivity index is 1.46. The van der Waals surface area contributed by atoms with Crippen LogP contribution in [0, 0.1) is 0 Å². The van der Waals surface area contributed by atoms with E-state index in [0.717, 1.165) is 42.7 Å². The number of hydrogen-bond donors (Lipinski definition) is 2. The van der Waals surface area contributed by atoms with Gasteiger partial charge in [0.1, 0.15) is 0 Å². The van der Waals surface area contributed by atoms with Gasteiger partial charge >= 0.3 is 0 Å². The summed E-state index contributed by atoms with van der Waals surface area (Å²) >= 11 is 0. The van der Waals surface area contributed by atoms with E-state index in [2.05, 4.69) is 0 Å². The SMILES string of the molecule is NC1(C(=O)N2CC[C@H](c3ccc4c(c3)OCO4)[C@@H](O)C2)CCC1. The number of carbonyl (C=O) groups excluding carboxylic acids is 1. The Morgan fingerprint density at radius 1 is 1.30 bits per heavy atom. The van der Waals surface area contributed by atoms with Crippen molar-refractivity contribution in [3.05, 3.63) is 23.8 Å². The van der Waals surface area contributed by atoms with Gasteiger partial charge in [0.25, 0.3) is 0 Å². The first-order valence-electron chi connectivity index (χ1n) is 8.23. The van der Waals surface area contributed by atoms with E-state index in [-0.39, 0.29) is 18.6 Å². The Morgan fingerprint density at radius 2 is 2.09 bits per heavy atom. The molecule has 4 rings (SSSR count). The minimum atomic E-state index is -0.689. The number of nitrogens with zero attached hydrogens (tertiary/aromatic N) is 1. The molecule has 23 heavy (non-hydrogen) atoms. The van der Waals surface area contributed by atoms with Gasteiger partial charge in [-0.1, -0.05) is 6.07 Å². The number of piperidine rings is 1. The fourth-order valence-electron chi connectivity index (χ4n) is 3.74. The van der Waals surface area contributed by atoms with E-state index in [9.17, 15) is 9.90 Å². The number of nitrogens with two attached hydrogens (primary N) is 1. The molecule has 0 radical (unpaired) electrons. The van der Waals surface area contributed by atoms with Crippen LogP contribution in [0.4, 0.5) is 0 Å². The van der Waals surface area contributed by atoms with Crippen LogP contribution in [0.25, 0.3) is 0 Å². The van der Waals surface area contributed by atoms with Crippen molar-refractivity contribution in [2.45, 2.75) is 43.2 Å². The van der Waals surface area contributed by atoms with Gasteiger partial charge in [-0.25, -0.2) is 0 Å². The van der Waals surface area contributed by atoms with Crippen molar-refractivity contribution >= 4 is 5.91 Å². The van der Waals surface area contributed by atoms with Gasteiger partial charge in [-0.2, -0.15) is 0 Å². The van der Waals surface area contributed by atoms with Gasteiger partial charge in [-0.3, -0.25) is 4.79 Å². The number of β-amino-alcohol motifs (C(OH)–C–C–N with tert-alkyl or cyclic N) is 1. The van der Waals surface area contributed by atoms with Gasteiger partial charge in [0.15, 0.2) is 11.5 Å². The van der Waals surface area contributed by atoms with E-state index in [4.69, 9.17) is 15.2 Å². The van der Waals surface area contributed by atoms with Gasteiger partial charge in [0.2, 0.25) is 12.7 Å². The molecule has 124 valence electrons. The first-order chi connectivity index (χ1) is 11.1. The quantitative estimate of drug-likeness (QED) is 0.849. The van der Waals surface area contributed by atoms with Crippen molar-refractivity contribution in [2.75, 3.05) is 19.9 Å². The maximum absolute atomic E-state index is 12.5. The molecule has 0 spiro atoms. The largest absolute Gasteiger partial charge is 0.454 e. The number of rotatable bonds is 2. The molecule has 0 unspecified atom stereocenters. The highest BCUT2D eigenvalue weighted by Crippen LogP contribution is 2.38. The molecule has 0 aromatic heterocycles. The Hall–Kier alpha value is -1.79. The topological polar surface area (TPSA) is 85.0 Å². The van der Waals surface area contributed by atoms with Gasteiger partial charge in [-0.05, 0) is 43.4 Å². The van der Waals surface area contributed by atoms with Crippen LogP contribution in [0.15, 0.2) is 18.2 Å². The molecule has 2 fully saturated rings. The molecule has 2 atom stereocenters. The van der Waals surface area contributed by atoms with Crippen molar-refractivity contribution < 1.29 is 19.4 Å². The Labute approximate surface area is 135 Å². The van der Waals surface area contributed by atoms with Crippen molar-refractivity contribution in [1.29, 1.82) is 0 Å². The van der Waals surface area contributed by atoms with Gasteiger partial charge in [0, 0.05) is 19.0 Å². The van der Waals surface area contributed by atoms with E-state index >= 15 is 0 Å². The average Bonchev–Trinajstić information content (AvgIpc) is 2.99. The fraction of sp³-hybridized carbons (Fsp3) is 0.588. The van der Waals surface area contributed by atoms with Crippen LogP contribution in [0.2, 0.25) is 0 Å². The maximum Gasteiger partial charge on any atom is 0.242 e. The number of likely N-dealkylation sites (tertiary alicyclic amines) is 1. The summed E-state index contributed by atoms with van der Waals surface area (Å²) in [4.78, 5) is 14.2. The number of ether oxygens (including phenoxy) is 2. The normalized spacial score (nSPS) is 28.3. The number of fused-ring (bicyclic) bond motifs is 1. The van der Waals surface area contributed by atoms with Crippen LogP contribution in [0.1, 0.15) is 37.2 Å². The van der Waals surface area contributed by atoms with Crippen LogP contribution in [0.5, 0.6) is 11.5 Å². The van der Waals surface area contributed by atoms with Crippen LogP contribution >= 0.6 is 0 Å². The van der Waals surface area contributed by atoms with Crippen molar-refractivity contribution in [3.63, 3.8) is 0 Å². The molecule has 6 heteroatoms. The first-order valence-corrected chi connectivity index (χ1v) is 8.23. The zero-order valence-corrected chi connectivity index (χ0v) is 13.0. The van der Waals surface area contributed by atoms with Crippen molar-refractivity contribution in [2.24, 2.45) is 5.73 Å². The molecule has 6 nitrogen and oxygen atoms in total. The lowest BCUT2D eigenvalue weighted by atomic mass is 9.76. The molecule has 1 aromatic carbocycles. The summed E-state index contributed by atoms with van der Waals surface area (Å²) in [6.45, 7) is 1.22. The summed E-state index contributed by atoms with van der Waals surface area (Å²) in [6, 6.07) is 5.78. The number of benzene rings is 1. The number of carbonyl (C=O) groups is 1. The van der Waals surface area contributed by atoms with E-state index in [0.29, 0.717) is 13.1 Å². The first kappa shape index (κ1) is 14.8. The Bertz CT molecular complexity index is 629. The highest BCUT2D eigenvalue weighted by atomic mass is 16.7. The van der Waals surface area contributed by atoms with Gasteiger partial charge < -0.3 is 25.2 Å². The van der Waals surface area contributed by atoms with Gasteiger partial charge in [-0.15, -0.1) is 0 Å². The highest BCUT2D eigenvalue weighted by Gasteiger charge is 2.44. The number of aliphatic hydroxyl groups excluding tert-OH is 1. The number of hydrogen-bond acceptors (Lipinski definition) is 5. The molecule has 1 aliphatic carbocycles. The minimum absolute atomic E-state index is 0.00339. The summed E-state index contributed by atoms with van der Waals surface area (Å²) in [7, 11) is 0. The van der Waals surface area contributed by atoms with Crippen LogP contribution in [0.3, 0.4) is 0 Å². The van der Waals surface area contributed by atoms with Crippen molar-refractivity contribution in [3.8, 4) is 11.5 Å². The lowest BCUT2D eigenvalue weighted by molar-refractivity contribution is -0.143. The molecule has 3 N–H and O–H groups in total. The van der Waals surface area contributed by atoms with Crippen LogP contribution < -0.4 is 15.2 Å². The second-order valence-electron chi connectivity index (χ2n) is 6.84. The predicted molar refractivity (Wildman–Crippen MR) is 83.3 cm³/mol. The van der Waals surface area contributed by atoms with Gasteiger partial charge in [0.05, 0.1) is 11.6 Å². The third-order valence-corrected chi connectivity index (χ3v) is 5.37. The summed E-state index contributed by atoms with van der Waals surface area (Å²) in [5.74, 6) is 1.46. The summed E-state index contributed by atoms with van der Waals surface area (Å²) in [5.41, 5.74) is 6.47. The smallest absolute Gasteiger partial charge is 0.242 e. The van der Waals surface area contributed by atoms with Crippen LogP contribution in [-0.4, -0.2) is 47.4 Å². The molecular weight excluding hydrogens is 296 g/mol. The molecule has 3 aliphatic rings. The minimum Gasteiger partial charge on any atom is -0.454 e. The van der Waals surface area contributed by atoms with E-state index in [1.807, 2.05) is 18.2 Å². The van der Waals surface area contributed by atoms with E-state index in [1.54, 1.807) is 4.90 Å². The zero-order valence-electron chi connectivity index (χ0n) is 13.0. The predicted octanol–water partition coefficient (Wildman–Crippen LogP) is 0.973. The molecule has 0 bridgehead atoms. The molecule has 1 saturated heterocycles. The number of aliphatic hydroxyl groups is 1. The summed E-state index contributed by atoms with van der Waals surface area (Å²) in [6.07, 6.45) is 2.66. The maximum atomic E-state index is 12.5. The monoisotopic (exact) mass is 318 g/mol. The van der Waals surface area contributed by atoms with E-state index in [1.165, 1.54) is 0 Å². The molecule has 2 heterocycles. The second-order valence-corrected chi connectivity index (χ2v) is 6.84. The Kier molecular flexibility index (Phi) is 3.46. The van der Waals surface area contributed by atoms with Crippen molar-refractivity contribution in [1.82, 2.24) is 4.90 Å². The van der Waals surface area contributed by atoms with Crippen LogP contribution in [-0.2, 0) is 4.79 Å². The standard InChI is InChI=1S/C17H22N2O4/c18-17(5-1-6-17)16(21)19-7-4-12(13(20)9-19)11-2-3-14-15(8-11)23-10-22-14/h2-3,8,12-13,20H,1,4-7,9-10,18H2/t12-,13+/m1/s1. The molecule has 2 aliphatic heterocycles. The molecule has 1 saturated carbocycles. The Morgan fingerprint density at radius 3 is 2.78 bits per heavy atom. The summed E-state index contributed by atoms with van der Waals surface area (Å²) < 4.78 is 10.7. The molecule has 1 aromatic rings. The number of amides is 1. The fourth-order valence-corrected chi connectivity index (χ4v) is 3.74. The lowest BCUT2D eigenvalue weighted by Gasteiger charge is -2.44. The third-order valence-electron chi connectivity index (χ3n) is 5.37. The van der Waals surface area contributed by atoms with E-state index < -0.39 is 11.6 Å². The highest BCUT2D eigenvalue weighted by molar-refractivity contribution is 5.87. The molecule has 1 amide bonds. The second kappa shape index (κ2) is 5.39. The zero-order chi connectivity index (χ0) is 16.0. The molecular formula is C17H22N2O4. The third kappa shape index (κ3) is 2.46. The average molecular weight is 318 g/mol. The lowest BCUT2D eigenvalue weighted by Crippen LogP contribution is -2.61. The summed E-state index contributed by atoms with van der Waals surface area (Å²) in [5, 5.41) is 10.5.